The number of nitrogens with one attached hydrogen (secondary N) is 1. The summed E-state index contributed by atoms with van der Waals surface area (Å²) < 4.78 is 0. The van der Waals surface area contributed by atoms with Crippen LogP contribution in [0.3, 0.4) is 0 Å². The van der Waals surface area contributed by atoms with Gasteiger partial charge in [0, 0.05) is 43.2 Å². The molecule has 22 heavy (non-hydrogen) atoms. The topological polar surface area (TPSA) is 92.6 Å². The van der Waals surface area contributed by atoms with Crippen LogP contribution in [0.15, 0.2) is 18.2 Å². The quantitative estimate of drug-likeness (QED) is 0.678. The van der Waals surface area contributed by atoms with Crippen molar-refractivity contribution in [3.63, 3.8) is 0 Å². The maximum absolute atomic E-state index is 12.2. The average molecular weight is 305 g/mol. The van der Waals surface area contributed by atoms with Crippen LogP contribution in [0.4, 0.5) is 5.69 Å². The molecule has 0 bridgehead atoms. The number of nitrogens with zero attached hydrogens (tertiary/aromatic N) is 2. The minimum absolute atomic E-state index is 0.00585. The maximum atomic E-state index is 12.2. The van der Waals surface area contributed by atoms with Crippen LogP contribution in [0.2, 0.25) is 0 Å². The van der Waals surface area contributed by atoms with Crippen molar-refractivity contribution in [2.45, 2.75) is 32.7 Å². The molecule has 0 unspecified atom stereocenters. The van der Waals surface area contributed by atoms with E-state index in [0.29, 0.717) is 24.2 Å². The van der Waals surface area contributed by atoms with Crippen LogP contribution in [-0.4, -0.2) is 40.8 Å². The van der Waals surface area contributed by atoms with Gasteiger partial charge in [0.15, 0.2) is 0 Å². The molecule has 118 valence electrons. The number of carbonyl (C=O) groups excluding carboxylic acids is 2. The molecule has 1 N–H and O–H groups in total. The van der Waals surface area contributed by atoms with E-state index in [9.17, 15) is 19.7 Å². The standard InChI is InChI=1S/C15H19N3O4/c1-10-9-12(3-4-14(10)18(21)22)15(20)16-13-5-7-17(8-6-13)11(2)19/h3-4,9,13H,5-8H2,1-2H3,(H,16,20). The molecule has 1 fully saturated rings. The zero-order chi connectivity index (χ0) is 16.3. The number of likely N-dealkylation sites (tertiary alicyclic amines) is 1. The Kier molecular flexibility index (Phi) is 4.75. The minimum atomic E-state index is -0.464. The van der Waals surface area contributed by atoms with Gasteiger partial charge in [-0.25, -0.2) is 0 Å². The highest BCUT2D eigenvalue weighted by atomic mass is 16.6. The van der Waals surface area contributed by atoms with Gasteiger partial charge in [0.05, 0.1) is 4.92 Å². The lowest BCUT2D eigenvalue weighted by atomic mass is 10.0. The second-order valence-corrected chi connectivity index (χ2v) is 5.51. The molecule has 0 saturated carbocycles. The van der Waals surface area contributed by atoms with Gasteiger partial charge in [0.1, 0.15) is 0 Å². The highest BCUT2D eigenvalue weighted by Crippen LogP contribution is 2.19. The lowest BCUT2D eigenvalue weighted by molar-refractivity contribution is -0.385. The van der Waals surface area contributed by atoms with Crippen molar-refractivity contribution in [1.29, 1.82) is 0 Å². The monoisotopic (exact) mass is 305 g/mol. The fourth-order valence-electron chi connectivity index (χ4n) is 2.61. The van der Waals surface area contributed by atoms with Crippen LogP contribution < -0.4 is 5.32 Å². The molecule has 1 saturated heterocycles. The molecule has 1 aliphatic rings. The number of carbonyl (C=O) groups is 2. The van der Waals surface area contributed by atoms with Gasteiger partial charge in [-0.3, -0.25) is 19.7 Å². The molecule has 2 amide bonds. The normalized spacial score (nSPS) is 15.5. The molecule has 1 aromatic rings. The molecule has 1 aliphatic heterocycles. The van der Waals surface area contributed by atoms with E-state index in [1.165, 1.54) is 18.2 Å². The molecule has 1 aromatic carbocycles. The smallest absolute Gasteiger partial charge is 0.272 e. The van der Waals surface area contributed by atoms with Crippen LogP contribution >= 0.6 is 0 Å². The van der Waals surface area contributed by atoms with Crippen LogP contribution in [-0.2, 0) is 4.79 Å². The first-order valence-electron chi connectivity index (χ1n) is 7.20. The third kappa shape index (κ3) is 3.60. The van der Waals surface area contributed by atoms with Crippen LogP contribution in [0, 0.1) is 17.0 Å². The van der Waals surface area contributed by atoms with E-state index in [1.54, 1.807) is 18.7 Å². The van der Waals surface area contributed by atoms with E-state index in [1.807, 2.05) is 0 Å². The van der Waals surface area contributed by atoms with Gasteiger partial charge in [0.2, 0.25) is 5.91 Å². The highest BCUT2D eigenvalue weighted by molar-refractivity contribution is 5.94. The largest absolute Gasteiger partial charge is 0.349 e. The molecule has 1 heterocycles. The van der Waals surface area contributed by atoms with Crippen molar-refractivity contribution in [2.24, 2.45) is 0 Å². The number of hydrogen-bond donors (Lipinski definition) is 1. The van der Waals surface area contributed by atoms with Crippen molar-refractivity contribution in [1.82, 2.24) is 10.2 Å². The number of benzene rings is 1. The predicted molar refractivity (Wildman–Crippen MR) is 80.6 cm³/mol. The Labute approximate surface area is 128 Å². The molecular formula is C15H19N3O4. The molecule has 0 atom stereocenters. The first-order valence-corrected chi connectivity index (χ1v) is 7.20. The summed E-state index contributed by atoms with van der Waals surface area (Å²) in [6.07, 6.45) is 1.44. The lowest BCUT2D eigenvalue weighted by Gasteiger charge is -2.31. The predicted octanol–water partition coefficient (Wildman–Crippen LogP) is 1.64. The van der Waals surface area contributed by atoms with Crippen LogP contribution in [0.5, 0.6) is 0 Å². The number of amides is 2. The molecule has 7 nitrogen and oxygen atoms in total. The third-order valence-corrected chi connectivity index (χ3v) is 3.93. The van der Waals surface area contributed by atoms with E-state index in [4.69, 9.17) is 0 Å². The van der Waals surface area contributed by atoms with Gasteiger partial charge in [-0.1, -0.05) is 0 Å². The summed E-state index contributed by atoms with van der Waals surface area (Å²) >= 11 is 0. The fourth-order valence-corrected chi connectivity index (χ4v) is 2.61. The summed E-state index contributed by atoms with van der Waals surface area (Å²) in [7, 11) is 0. The van der Waals surface area contributed by atoms with E-state index < -0.39 is 4.92 Å². The Bertz CT molecular complexity index is 607. The number of piperidine rings is 1. The molecule has 0 aliphatic carbocycles. The lowest BCUT2D eigenvalue weighted by Crippen LogP contribution is -2.46. The number of rotatable bonds is 3. The number of aryl methyl sites for hydroxylation is 1. The van der Waals surface area contributed by atoms with Gasteiger partial charge >= 0.3 is 0 Å². The van der Waals surface area contributed by atoms with E-state index in [0.717, 1.165) is 12.8 Å². The summed E-state index contributed by atoms with van der Waals surface area (Å²) in [4.78, 5) is 35.5. The van der Waals surface area contributed by atoms with E-state index in [-0.39, 0.29) is 23.5 Å². The summed E-state index contributed by atoms with van der Waals surface area (Å²) in [5.74, 6) is -0.185. The maximum Gasteiger partial charge on any atom is 0.272 e. The van der Waals surface area contributed by atoms with Gasteiger partial charge in [-0.2, -0.15) is 0 Å². The van der Waals surface area contributed by atoms with E-state index in [2.05, 4.69) is 5.32 Å². The van der Waals surface area contributed by atoms with Crippen molar-refractivity contribution < 1.29 is 14.5 Å². The zero-order valence-electron chi connectivity index (χ0n) is 12.7. The minimum Gasteiger partial charge on any atom is -0.349 e. The number of nitro groups is 1. The fraction of sp³-hybridized carbons (Fsp3) is 0.467. The van der Waals surface area contributed by atoms with Crippen molar-refractivity contribution >= 4 is 17.5 Å². The second kappa shape index (κ2) is 6.55. The third-order valence-electron chi connectivity index (χ3n) is 3.93. The Balaban J connectivity index is 1.97. The summed E-state index contributed by atoms with van der Waals surface area (Å²) in [6, 6.07) is 4.37. The van der Waals surface area contributed by atoms with Crippen molar-refractivity contribution in [2.75, 3.05) is 13.1 Å². The van der Waals surface area contributed by atoms with Gasteiger partial charge in [-0.15, -0.1) is 0 Å². The number of nitro benzene ring substituents is 1. The molecule has 7 heteroatoms. The Morgan fingerprint density at radius 3 is 2.45 bits per heavy atom. The van der Waals surface area contributed by atoms with Crippen molar-refractivity contribution in [3.05, 3.63) is 39.4 Å². The summed E-state index contributed by atoms with van der Waals surface area (Å²) in [6.45, 7) is 4.43. The Morgan fingerprint density at radius 1 is 1.32 bits per heavy atom. The highest BCUT2D eigenvalue weighted by Gasteiger charge is 2.23. The van der Waals surface area contributed by atoms with Gasteiger partial charge in [-0.05, 0) is 31.9 Å². The second-order valence-electron chi connectivity index (χ2n) is 5.51. The summed E-state index contributed by atoms with van der Waals surface area (Å²) in [5.41, 5.74) is 0.882. The molecule has 0 radical (unpaired) electrons. The van der Waals surface area contributed by atoms with Crippen LogP contribution in [0.25, 0.3) is 0 Å². The van der Waals surface area contributed by atoms with Gasteiger partial charge < -0.3 is 10.2 Å². The summed E-state index contributed by atoms with van der Waals surface area (Å²) in [5, 5.41) is 13.7. The van der Waals surface area contributed by atoms with Crippen LogP contribution in [0.1, 0.15) is 35.7 Å². The zero-order valence-corrected chi connectivity index (χ0v) is 12.7. The molecule has 0 aromatic heterocycles. The molecule has 2 rings (SSSR count). The van der Waals surface area contributed by atoms with Crippen molar-refractivity contribution in [3.8, 4) is 0 Å². The van der Waals surface area contributed by atoms with Gasteiger partial charge in [0.25, 0.3) is 11.6 Å². The first kappa shape index (κ1) is 15.9. The SMILES string of the molecule is CC(=O)N1CCC(NC(=O)c2ccc([N+](=O)[O-])c(C)c2)CC1. The Morgan fingerprint density at radius 2 is 1.95 bits per heavy atom. The Hall–Kier alpha value is -2.44. The first-order chi connectivity index (χ1) is 10.4. The molecular weight excluding hydrogens is 286 g/mol. The van der Waals surface area contributed by atoms with E-state index >= 15 is 0 Å². The molecule has 0 spiro atoms. The average Bonchev–Trinajstić information content (AvgIpc) is 2.47. The number of hydrogen-bond acceptors (Lipinski definition) is 4.